The standard InChI is InChI=1S/C20H18O8/c1-26-18(24)16(22)20(19(25)27-2,15(21)13-9-5-3-6-10-13)28-17(23)14-11-7-4-8-12-14/h3-12,16,22H,1-2H3. The molecule has 146 valence electrons. The Kier molecular flexibility index (Phi) is 6.62. The second-order valence-electron chi connectivity index (χ2n) is 5.60. The molecule has 2 aromatic rings. The first kappa shape index (κ1) is 20.8. The minimum atomic E-state index is -2.99. The van der Waals surface area contributed by atoms with Crippen LogP contribution < -0.4 is 0 Å². The second kappa shape index (κ2) is 8.92. The van der Waals surface area contributed by atoms with Crippen molar-refractivity contribution in [2.45, 2.75) is 11.7 Å². The van der Waals surface area contributed by atoms with Gasteiger partial charge < -0.3 is 19.3 Å². The molecular formula is C20H18O8. The smallest absolute Gasteiger partial charge is 0.362 e. The molecule has 2 aromatic carbocycles. The molecule has 1 N–H and O–H groups in total. The molecule has 0 heterocycles. The molecule has 2 rings (SSSR count). The van der Waals surface area contributed by atoms with Crippen LogP contribution in [0.1, 0.15) is 20.7 Å². The van der Waals surface area contributed by atoms with Gasteiger partial charge >= 0.3 is 23.5 Å². The first-order valence-electron chi connectivity index (χ1n) is 8.11. The Balaban J connectivity index is 2.62. The SMILES string of the molecule is COC(=O)C(O)C(OC(=O)c1ccccc1)(C(=O)OC)C(=O)c1ccccc1. The van der Waals surface area contributed by atoms with Gasteiger partial charge in [-0.3, -0.25) is 4.79 Å². The van der Waals surface area contributed by atoms with Crippen molar-refractivity contribution in [1.29, 1.82) is 0 Å². The van der Waals surface area contributed by atoms with E-state index in [1.54, 1.807) is 12.1 Å². The minimum absolute atomic E-state index is 0.00583. The third-order valence-corrected chi connectivity index (χ3v) is 3.93. The predicted octanol–water partition coefficient (Wildman–Crippen LogP) is 1.17. The molecular weight excluding hydrogens is 368 g/mol. The van der Waals surface area contributed by atoms with Gasteiger partial charge in [0, 0.05) is 5.56 Å². The van der Waals surface area contributed by atoms with Crippen LogP contribution in [0.25, 0.3) is 0 Å². The maximum absolute atomic E-state index is 13.1. The molecule has 0 amide bonds. The lowest BCUT2D eigenvalue weighted by molar-refractivity contribution is -0.180. The largest absolute Gasteiger partial charge is 0.467 e. The molecule has 0 aliphatic heterocycles. The van der Waals surface area contributed by atoms with Gasteiger partial charge in [0.15, 0.2) is 0 Å². The number of ketones is 1. The predicted molar refractivity (Wildman–Crippen MR) is 95.4 cm³/mol. The van der Waals surface area contributed by atoms with E-state index in [1.165, 1.54) is 48.5 Å². The quantitative estimate of drug-likeness (QED) is 0.326. The fourth-order valence-electron chi connectivity index (χ4n) is 2.48. The topological polar surface area (TPSA) is 116 Å². The van der Waals surface area contributed by atoms with E-state index in [2.05, 4.69) is 9.47 Å². The van der Waals surface area contributed by atoms with Gasteiger partial charge in [-0.25, -0.2) is 14.4 Å². The van der Waals surface area contributed by atoms with Crippen molar-refractivity contribution < 1.29 is 38.5 Å². The molecule has 2 unspecified atom stereocenters. The Morgan fingerprint density at radius 2 is 1.32 bits per heavy atom. The van der Waals surface area contributed by atoms with Crippen LogP contribution >= 0.6 is 0 Å². The maximum Gasteiger partial charge on any atom is 0.362 e. The minimum Gasteiger partial charge on any atom is -0.467 e. The lowest BCUT2D eigenvalue weighted by Gasteiger charge is -2.31. The molecule has 8 nitrogen and oxygen atoms in total. The third kappa shape index (κ3) is 3.91. The highest BCUT2D eigenvalue weighted by Gasteiger charge is 2.60. The third-order valence-electron chi connectivity index (χ3n) is 3.93. The van der Waals surface area contributed by atoms with Gasteiger partial charge in [-0.1, -0.05) is 48.5 Å². The van der Waals surface area contributed by atoms with Crippen molar-refractivity contribution in [3.8, 4) is 0 Å². The molecule has 0 fully saturated rings. The van der Waals surface area contributed by atoms with E-state index in [1.807, 2.05) is 0 Å². The van der Waals surface area contributed by atoms with Crippen LogP contribution in [0.5, 0.6) is 0 Å². The normalized spacial score (nSPS) is 13.5. The monoisotopic (exact) mass is 386 g/mol. The number of ether oxygens (including phenoxy) is 3. The van der Waals surface area contributed by atoms with Gasteiger partial charge in [-0.2, -0.15) is 0 Å². The summed E-state index contributed by atoms with van der Waals surface area (Å²) < 4.78 is 14.2. The molecule has 0 bridgehead atoms. The number of carbonyl (C=O) groups is 4. The zero-order valence-corrected chi connectivity index (χ0v) is 15.2. The van der Waals surface area contributed by atoms with Gasteiger partial charge in [0.2, 0.25) is 11.9 Å². The summed E-state index contributed by atoms with van der Waals surface area (Å²) in [6.45, 7) is 0. The van der Waals surface area contributed by atoms with Crippen LogP contribution in [0.15, 0.2) is 60.7 Å². The average Bonchev–Trinajstić information content (AvgIpc) is 2.76. The highest BCUT2D eigenvalue weighted by atomic mass is 16.6. The Morgan fingerprint density at radius 1 is 0.821 bits per heavy atom. The Bertz CT molecular complexity index is 862. The van der Waals surface area contributed by atoms with E-state index in [-0.39, 0.29) is 11.1 Å². The van der Waals surface area contributed by atoms with Gasteiger partial charge in [-0.05, 0) is 12.1 Å². The van der Waals surface area contributed by atoms with E-state index < -0.39 is 35.4 Å². The molecule has 0 aliphatic carbocycles. The average molecular weight is 386 g/mol. The first-order valence-corrected chi connectivity index (χ1v) is 8.11. The molecule has 2 atom stereocenters. The van der Waals surface area contributed by atoms with Crippen molar-refractivity contribution in [1.82, 2.24) is 0 Å². The number of hydrogen-bond acceptors (Lipinski definition) is 8. The van der Waals surface area contributed by atoms with E-state index in [9.17, 15) is 24.3 Å². The Hall–Kier alpha value is -3.52. The van der Waals surface area contributed by atoms with Crippen LogP contribution in [0, 0.1) is 0 Å². The van der Waals surface area contributed by atoms with Crippen LogP contribution in [-0.2, 0) is 23.8 Å². The van der Waals surface area contributed by atoms with Crippen molar-refractivity contribution >= 4 is 23.7 Å². The van der Waals surface area contributed by atoms with Crippen LogP contribution in [0.2, 0.25) is 0 Å². The summed E-state index contributed by atoms with van der Waals surface area (Å²) >= 11 is 0. The molecule has 0 saturated heterocycles. The highest BCUT2D eigenvalue weighted by Crippen LogP contribution is 2.27. The maximum atomic E-state index is 13.1. The van der Waals surface area contributed by atoms with Crippen molar-refractivity contribution in [3.05, 3.63) is 71.8 Å². The summed E-state index contributed by atoms with van der Waals surface area (Å²) in [5.41, 5.74) is -3.08. The summed E-state index contributed by atoms with van der Waals surface area (Å²) in [5.74, 6) is -5.03. The fourth-order valence-corrected chi connectivity index (χ4v) is 2.48. The number of aliphatic hydroxyl groups is 1. The van der Waals surface area contributed by atoms with E-state index >= 15 is 0 Å². The number of hydrogen-bond donors (Lipinski definition) is 1. The summed E-state index contributed by atoms with van der Waals surface area (Å²) in [7, 11) is 1.87. The van der Waals surface area contributed by atoms with Crippen LogP contribution in [-0.4, -0.2) is 54.7 Å². The molecule has 0 aromatic heterocycles. The van der Waals surface area contributed by atoms with E-state index in [0.29, 0.717) is 0 Å². The van der Waals surface area contributed by atoms with Gasteiger partial charge in [0.25, 0.3) is 0 Å². The zero-order chi connectivity index (χ0) is 20.7. The van der Waals surface area contributed by atoms with E-state index in [4.69, 9.17) is 4.74 Å². The molecule has 28 heavy (non-hydrogen) atoms. The number of aliphatic hydroxyl groups excluding tert-OH is 1. The molecule has 0 spiro atoms. The summed E-state index contributed by atoms with van der Waals surface area (Å²) in [4.78, 5) is 50.3. The second-order valence-corrected chi connectivity index (χ2v) is 5.60. The Labute approximate surface area is 160 Å². The Morgan fingerprint density at radius 3 is 1.79 bits per heavy atom. The van der Waals surface area contributed by atoms with Crippen molar-refractivity contribution in [2.24, 2.45) is 0 Å². The van der Waals surface area contributed by atoms with Gasteiger partial charge in [0.1, 0.15) is 0 Å². The lowest BCUT2D eigenvalue weighted by atomic mass is 9.86. The van der Waals surface area contributed by atoms with E-state index in [0.717, 1.165) is 14.2 Å². The number of carbonyl (C=O) groups excluding carboxylic acids is 4. The number of rotatable bonds is 7. The highest BCUT2D eigenvalue weighted by molar-refractivity contribution is 6.19. The lowest BCUT2D eigenvalue weighted by Crippen LogP contribution is -2.62. The van der Waals surface area contributed by atoms with Crippen molar-refractivity contribution in [2.75, 3.05) is 14.2 Å². The van der Waals surface area contributed by atoms with Crippen molar-refractivity contribution in [3.63, 3.8) is 0 Å². The summed E-state index contributed by atoms with van der Waals surface area (Å²) in [6, 6.07) is 14.7. The summed E-state index contributed by atoms with van der Waals surface area (Å²) in [6.07, 6.45) is -2.45. The fraction of sp³-hybridized carbons (Fsp3) is 0.200. The molecule has 0 aliphatic rings. The van der Waals surface area contributed by atoms with Crippen LogP contribution in [0.4, 0.5) is 0 Å². The molecule has 8 heteroatoms. The number of benzene rings is 2. The zero-order valence-electron chi connectivity index (χ0n) is 15.2. The molecule has 0 saturated carbocycles. The van der Waals surface area contributed by atoms with Gasteiger partial charge in [-0.15, -0.1) is 0 Å². The number of methoxy groups -OCH3 is 2. The summed E-state index contributed by atoms with van der Waals surface area (Å²) in [5, 5.41) is 10.5. The molecule has 0 radical (unpaired) electrons. The first-order chi connectivity index (χ1) is 13.4. The van der Waals surface area contributed by atoms with Gasteiger partial charge in [0.05, 0.1) is 19.8 Å². The number of Topliss-reactive ketones (excluding diaryl/α,β-unsaturated/α-hetero) is 1. The number of esters is 3. The van der Waals surface area contributed by atoms with Crippen LogP contribution in [0.3, 0.4) is 0 Å².